The number of aromatic nitrogens is 2. The van der Waals surface area contributed by atoms with Gasteiger partial charge in [-0.2, -0.15) is 0 Å². The highest BCUT2D eigenvalue weighted by Gasteiger charge is 2.20. The van der Waals surface area contributed by atoms with Crippen molar-refractivity contribution in [2.75, 3.05) is 6.54 Å². The van der Waals surface area contributed by atoms with Crippen molar-refractivity contribution in [2.24, 2.45) is 0 Å². The number of benzene rings is 1. The zero-order valence-electron chi connectivity index (χ0n) is 13.4. The molecule has 4 nitrogen and oxygen atoms in total. The number of hydrogen-bond donors (Lipinski definition) is 1. The maximum Gasteiger partial charge on any atom is 0.255 e. The van der Waals surface area contributed by atoms with Crippen molar-refractivity contribution in [1.82, 2.24) is 14.9 Å². The number of rotatable bonds is 4. The molecule has 0 spiro atoms. The Bertz CT molecular complexity index is 703. The van der Waals surface area contributed by atoms with E-state index in [0.29, 0.717) is 12.4 Å². The second kappa shape index (κ2) is 6.44. The van der Waals surface area contributed by atoms with Gasteiger partial charge in [-0.05, 0) is 24.5 Å². The van der Waals surface area contributed by atoms with Crippen molar-refractivity contribution < 1.29 is 0 Å². The Kier molecular flexibility index (Phi) is 4.39. The number of hydrogen-bond acceptors (Lipinski definition) is 3. The average Bonchev–Trinajstić information content (AvgIpc) is 2.50. The van der Waals surface area contributed by atoms with Crippen LogP contribution < -0.4 is 5.56 Å². The number of aryl methyl sites for hydroxylation is 2. The average molecular weight is 297 g/mol. The summed E-state index contributed by atoms with van der Waals surface area (Å²) >= 11 is 0. The van der Waals surface area contributed by atoms with E-state index in [1.54, 1.807) is 0 Å². The Hall–Kier alpha value is -1.94. The predicted molar refractivity (Wildman–Crippen MR) is 87.8 cm³/mol. The van der Waals surface area contributed by atoms with Gasteiger partial charge in [0.2, 0.25) is 0 Å². The van der Waals surface area contributed by atoms with E-state index in [9.17, 15) is 4.79 Å². The summed E-state index contributed by atoms with van der Waals surface area (Å²) < 4.78 is 0. The molecule has 1 N–H and O–H groups in total. The van der Waals surface area contributed by atoms with E-state index in [1.165, 1.54) is 17.5 Å². The topological polar surface area (TPSA) is 49.0 Å². The van der Waals surface area contributed by atoms with Crippen LogP contribution in [0.25, 0.3) is 0 Å². The fourth-order valence-corrected chi connectivity index (χ4v) is 3.10. The lowest BCUT2D eigenvalue weighted by Gasteiger charge is -2.27. The van der Waals surface area contributed by atoms with Gasteiger partial charge in [0, 0.05) is 26.1 Å². The number of aromatic amines is 1. The lowest BCUT2D eigenvalue weighted by atomic mass is 10.0. The van der Waals surface area contributed by atoms with E-state index < -0.39 is 0 Å². The molecule has 0 unspecified atom stereocenters. The van der Waals surface area contributed by atoms with Crippen LogP contribution >= 0.6 is 0 Å². The van der Waals surface area contributed by atoms with Crippen molar-refractivity contribution in [3.05, 3.63) is 62.8 Å². The largest absolute Gasteiger partial charge is 0.310 e. The standard InChI is InChI=1S/C18H23N3O/c1-3-4-14-5-7-15(8-6-14)11-21-10-9-17-16(12-21)18(22)20-13(2)19-17/h5-8H,3-4,9-12H2,1-2H3,(H,19,20,22). The van der Waals surface area contributed by atoms with Crippen molar-refractivity contribution >= 4 is 0 Å². The van der Waals surface area contributed by atoms with Gasteiger partial charge in [-0.25, -0.2) is 4.98 Å². The Morgan fingerprint density at radius 2 is 1.95 bits per heavy atom. The maximum absolute atomic E-state index is 12.1. The molecule has 22 heavy (non-hydrogen) atoms. The molecule has 0 amide bonds. The Labute approximate surface area is 131 Å². The molecule has 1 aromatic carbocycles. The molecule has 1 aromatic heterocycles. The van der Waals surface area contributed by atoms with Gasteiger partial charge in [0.05, 0.1) is 11.3 Å². The fourth-order valence-electron chi connectivity index (χ4n) is 3.10. The summed E-state index contributed by atoms with van der Waals surface area (Å²) in [5, 5.41) is 0. The van der Waals surface area contributed by atoms with Gasteiger partial charge in [0.25, 0.3) is 5.56 Å². The molecule has 1 aliphatic heterocycles. The summed E-state index contributed by atoms with van der Waals surface area (Å²) in [4.78, 5) is 21.7. The first-order valence-electron chi connectivity index (χ1n) is 8.04. The molecule has 0 fully saturated rings. The SMILES string of the molecule is CCCc1ccc(CN2CCc3nc(C)[nH]c(=O)c3C2)cc1. The fraction of sp³-hybridized carbons (Fsp3) is 0.444. The highest BCUT2D eigenvalue weighted by atomic mass is 16.1. The van der Waals surface area contributed by atoms with Crippen molar-refractivity contribution in [3.8, 4) is 0 Å². The van der Waals surface area contributed by atoms with E-state index >= 15 is 0 Å². The smallest absolute Gasteiger partial charge is 0.255 e. The molecular weight excluding hydrogens is 274 g/mol. The van der Waals surface area contributed by atoms with Gasteiger partial charge >= 0.3 is 0 Å². The third-order valence-electron chi connectivity index (χ3n) is 4.23. The van der Waals surface area contributed by atoms with E-state index in [0.717, 1.165) is 37.2 Å². The molecule has 116 valence electrons. The van der Waals surface area contributed by atoms with Gasteiger partial charge in [-0.1, -0.05) is 37.6 Å². The van der Waals surface area contributed by atoms with Crippen molar-refractivity contribution in [3.63, 3.8) is 0 Å². The molecular formula is C18H23N3O. The van der Waals surface area contributed by atoms with Gasteiger partial charge in [0.15, 0.2) is 0 Å². The van der Waals surface area contributed by atoms with Crippen LogP contribution in [0.3, 0.4) is 0 Å². The molecule has 0 saturated carbocycles. The Balaban J connectivity index is 1.71. The highest BCUT2D eigenvalue weighted by Crippen LogP contribution is 2.17. The second-order valence-electron chi connectivity index (χ2n) is 6.10. The molecule has 2 aromatic rings. The predicted octanol–water partition coefficient (Wildman–Crippen LogP) is 2.59. The highest BCUT2D eigenvalue weighted by molar-refractivity contribution is 5.24. The Morgan fingerprint density at radius 3 is 2.68 bits per heavy atom. The molecule has 0 bridgehead atoms. The van der Waals surface area contributed by atoms with E-state index in [-0.39, 0.29) is 5.56 Å². The summed E-state index contributed by atoms with van der Waals surface area (Å²) in [6, 6.07) is 8.85. The minimum absolute atomic E-state index is 0.0190. The summed E-state index contributed by atoms with van der Waals surface area (Å²) in [7, 11) is 0. The number of fused-ring (bicyclic) bond motifs is 1. The minimum atomic E-state index is 0.0190. The monoisotopic (exact) mass is 297 g/mol. The normalized spacial score (nSPS) is 14.8. The molecule has 1 aliphatic rings. The van der Waals surface area contributed by atoms with Gasteiger partial charge in [0.1, 0.15) is 5.82 Å². The summed E-state index contributed by atoms with van der Waals surface area (Å²) in [6.45, 7) is 6.58. The second-order valence-corrected chi connectivity index (χ2v) is 6.10. The quantitative estimate of drug-likeness (QED) is 0.943. The third kappa shape index (κ3) is 3.28. The van der Waals surface area contributed by atoms with Crippen LogP contribution in [0, 0.1) is 6.92 Å². The zero-order chi connectivity index (χ0) is 15.5. The van der Waals surface area contributed by atoms with Crippen molar-refractivity contribution in [2.45, 2.75) is 46.2 Å². The minimum Gasteiger partial charge on any atom is -0.310 e. The van der Waals surface area contributed by atoms with E-state index in [4.69, 9.17) is 0 Å². The lowest BCUT2D eigenvalue weighted by Crippen LogP contribution is -2.35. The summed E-state index contributed by atoms with van der Waals surface area (Å²) in [6.07, 6.45) is 3.17. The third-order valence-corrected chi connectivity index (χ3v) is 4.23. The molecule has 3 rings (SSSR count). The van der Waals surface area contributed by atoms with Gasteiger partial charge < -0.3 is 4.98 Å². The molecule has 0 atom stereocenters. The molecule has 0 radical (unpaired) electrons. The molecule has 2 heterocycles. The van der Waals surface area contributed by atoms with Crippen LogP contribution in [0.4, 0.5) is 0 Å². The number of nitrogens with zero attached hydrogens (tertiary/aromatic N) is 2. The van der Waals surface area contributed by atoms with Crippen LogP contribution in [0.2, 0.25) is 0 Å². The van der Waals surface area contributed by atoms with Crippen LogP contribution in [0.1, 0.15) is 41.6 Å². The van der Waals surface area contributed by atoms with Crippen LogP contribution in [-0.4, -0.2) is 21.4 Å². The first-order valence-corrected chi connectivity index (χ1v) is 8.04. The van der Waals surface area contributed by atoms with Gasteiger partial charge in [-0.3, -0.25) is 9.69 Å². The van der Waals surface area contributed by atoms with E-state index in [2.05, 4.69) is 46.1 Å². The van der Waals surface area contributed by atoms with Gasteiger partial charge in [-0.15, -0.1) is 0 Å². The molecule has 0 aliphatic carbocycles. The number of nitrogens with one attached hydrogen (secondary N) is 1. The van der Waals surface area contributed by atoms with Crippen LogP contribution in [0.5, 0.6) is 0 Å². The van der Waals surface area contributed by atoms with Crippen LogP contribution in [0.15, 0.2) is 29.1 Å². The van der Waals surface area contributed by atoms with Crippen LogP contribution in [-0.2, 0) is 25.9 Å². The number of H-pyrrole nitrogens is 1. The summed E-state index contributed by atoms with van der Waals surface area (Å²) in [5.41, 5.74) is 4.52. The maximum atomic E-state index is 12.1. The Morgan fingerprint density at radius 1 is 1.23 bits per heavy atom. The van der Waals surface area contributed by atoms with E-state index in [1.807, 2.05) is 6.92 Å². The van der Waals surface area contributed by atoms with Crippen molar-refractivity contribution in [1.29, 1.82) is 0 Å². The molecule has 4 heteroatoms. The lowest BCUT2D eigenvalue weighted by molar-refractivity contribution is 0.241. The first kappa shape index (κ1) is 15.0. The molecule has 0 saturated heterocycles. The first-order chi connectivity index (χ1) is 10.7. The summed E-state index contributed by atoms with van der Waals surface area (Å²) in [5.74, 6) is 0.712. The zero-order valence-corrected chi connectivity index (χ0v) is 13.4.